The number of aliphatic hydroxyl groups excluding tert-OH is 1. The third kappa shape index (κ3) is 3.77. The summed E-state index contributed by atoms with van der Waals surface area (Å²) in [7, 11) is 0. The van der Waals surface area contributed by atoms with Crippen molar-refractivity contribution >= 4 is 0 Å². The van der Waals surface area contributed by atoms with Crippen molar-refractivity contribution in [2.75, 3.05) is 13.1 Å². The molecule has 1 unspecified atom stereocenters. The van der Waals surface area contributed by atoms with Crippen molar-refractivity contribution < 1.29 is 9.50 Å². The van der Waals surface area contributed by atoms with E-state index in [-0.39, 0.29) is 11.4 Å². The summed E-state index contributed by atoms with van der Waals surface area (Å²) in [5.74, 6) is -0.242. The Hall–Kier alpha value is -0.930. The van der Waals surface area contributed by atoms with Crippen molar-refractivity contribution in [1.82, 2.24) is 4.90 Å². The van der Waals surface area contributed by atoms with Gasteiger partial charge >= 0.3 is 0 Å². The van der Waals surface area contributed by atoms with E-state index >= 15 is 0 Å². The minimum Gasteiger partial charge on any atom is -0.391 e. The molecular formula is C16H26FNO. The van der Waals surface area contributed by atoms with E-state index in [9.17, 15) is 9.50 Å². The molecule has 0 aliphatic rings. The van der Waals surface area contributed by atoms with Crippen molar-refractivity contribution in [1.29, 1.82) is 0 Å². The van der Waals surface area contributed by atoms with Crippen molar-refractivity contribution in [3.63, 3.8) is 0 Å². The first kappa shape index (κ1) is 16.1. The predicted octanol–water partition coefficient (Wildman–Crippen LogP) is 3.16. The number of likely N-dealkylation sites (N-methyl/N-ethyl adjacent to an activating group) is 1. The standard InChI is InChI=1S/C16H26FNO/c1-6-18(7-2)16(4,5)15(19)11-13-10-14(17)9-8-12(13)3/h8-10,15,19H,6-7,11H2,1-5H3. The fourth-order valence-electron chi connectivity index (χ4n) is 2.57. The van der Waals surface area contributed by atoms with Crippen LogP contribution >= 0.6 is 0 Å². The highest BCUT2D eigenvalue weighted by Gasteiger charge is 2.32. The van der Waals surface area contributed by atoms with E-state index in [0.717, 1.165) is 24.2 Å². The summed E-state index contributed by atoms with van der Waals surface area (Å²) in [6.45, 7) is 12.0. The number of nitrogens with zero attached hydrogens (tertiary/aromatic N) is 1. The van der Waals surface area contributed by atoms with Crippen LogP contribution in [0.1, 0.15) is 38.8 Å². The van der Waals surface area contributed by atoms with Crippen molar-refractivity contribution in [3.05, 3.63) is 35.1 Å². The molecule has 0 saturated carbocycles. The maximum Gasteiger partial charge on any atom is 0.123 e. The lowest BCUT2D eigenvalue weighted by molar-refractivity contribution is -0.00425. The zero-order chi connectivity index (χ0) is 14.6. The van der Waals surface area contributed by atoms with Crippen LogP contribution in [0, 0.1) is 12.7 Å². The number of benzene rings is 1. The fourth-order valence-corrected chi connectivity index (χ4v) is 2.57. The molecule has 0 fully saturated rings. The molecule has 1 atom stereocenters. The van der Waals surface area contributed by atoms with Crippen LogP contribution < -0.4 is 0 Å². The first-order valence-corrected chi connectivity index (χ1v) is 7.01. The van der Waals surface area contributed by atoms with E-state index in [0.29, 0.717) is 6.42 Å². The maximum atomic E-state index is 13.3. The Bertz CT molecular complexity index is 413. The molecule has 108 valence electrons. The molecule has 1 N–H and O–H groups in total. The highest BCUT2D eigenvalue weighted by Crippen LogP contribution is 2.23. The molecule has 0 heterocycles. The minimum absolute atomic E-state index is 0.242. The lowest BCUT2D eigenvalue weighted by Gasteiger charge is -2.41. The highest BCUT2D eigenvalue weighted by molar-refractivity contribution is 5.27. The molecule has 3 heteroatoms. The van der Waals surface area contributed by atoms with Crippen LogP contribution in [0.4, 0.5) is 4.39 Å². The van der Waals surface area contributed by atoms with Gasteiger partial charge in [0, 0.05) is 12.0 Å². The van der Waals surface area contributed by atoms with Gasteiger partial charge in [0.15, 0.2) is 0 Å². The first-order chi connectivity index (χ1) is 8.82. The molecule has 1 aromatic rings. The number of hydrogen-bond acceptors (Lipinski definition) is 2. The number of rotatable bonds is 6. The van der Waals surface area contributed by atoms with Crippen LogP contribution in [-0.2, 0) is 6.42 Å². The Labute approximate surface area is 116 Å². The average Bonchev–Trinajstić information content (AvgIpc) is 2.35. The topological polar surface area (TPSA) is 23.5 Å². The zero-order valence-corrected chi connectivity index (χ0v) is 12.7. The van der Waals surface area contributed by atoms with Gasteiger partial charge < -0.3 is 5.11 Å². The molecule has 1 aromatic carbocycles. The van der Waals surface area contributed by atoms with Crippen LogP contribution in [0.15, 0.2) is 18.2 Å². The molecule has 1 rings (SSSR count). The summed E-state index contributed by atoms with van der Waals surface area (Å²) in [6, 6.07) is 4.75. The molecule has 0 aliphatic carbocycles. The minimum atomic E-state index is -0.520. The van der Waals surface area contributed by atoms with Crippen LogP contribution in [-0.4, -0.2) is 34.7 Å². The average molecular weight is 267 g/mol. The highest BCUT2D eigenvalue weighted by atomic mass is 19.1. The van der Waals surface area contributed by atoms with E-state index in [1.165, 1.54) is 12.1 Å². The normalized spacial score (nSPS) is 13.9. The molecule has 0 bridgehead atoms. The first-order valence-electron chi connectivity index (χ1n) is 7.01. The zero-order valence-electron chi connectivity index (χ0n) is 12.7. The third-order valence-electron chi connectivity index (χ3n) is 4.12. The summed E-state index contributed by atoms with van der Waals surface area (Å²) < 4.78 is 13.3. The van der Waals surface area contributed by atoms with Gasteiger partial charge in [-0.3, -0.25) is 4.90 Å². The van der Waals surface area contributed by atoms with Gasteiger partial charge in [-0.05, 0) is 57.1 Å². The molecule has 0 spiro atoms. The summed E-state index contributed by atoms with van der Waals surface area (Å²) in [4.78, 5) is 2.23. The maximum absolute atomic E-state index is 13.3. The second-order valence-electron chi connectivity index (χ2n) is 5.62. The Morgan fingerprint density at radius 2 is 1.84 bits per heavy atom. The largest absolute Gasteiger partial charge is 0.391 e. The lowest BCUT2D eigenvalue weighted by Crippen LogP contribution is -2.53. The molecule has 0 aromatic heterocycles. The van der Waals surface area contributed by atoms with E-state index in [1.807, 2.05) is 20.8 Å². The van der Waals surface area contributed by atoms with Crippen molar-refractivity contribution in [3.8, 4) is 0 Å². The molecule has 0 saturated heterocycles. The van der Waals surface area contributed by atoms with Crippen LogP contribution in [0.5, 0.6) is 0 Å². The lowest BCUT2D eigenvalue weighted by atomic mass is 9.88. The summed E-state index contributed by atoms with van der Waals surface area (Å²) >= 11 is 0. The van der Waals surface area contributed by atoms with Gasteiger partial charge in [-0.1, -0.05) is 19.9 Å². The summed E-state index contributed by atoms with van der Waals surface area (Å²) in [5, 5.41) is 10.5. The van der Waals surface area contributed by atoms with Crippen molar-refractivity contribution in [2.24, 2.45) is 0 Å². The number of aryl methyl sites for hydroxylation is 1. The number of aliphatic hydroxyl groups is 1. The number of halogens is 1. The van der Waals surface area contributed by atoms with Crippen molar-refractivity contribution in [2.45, 2.75) is 52.7 Å². The van der Waals surface area contributed by atoms with E-state index in [1.54, 1.807) is 6.07 Å². The van der Waals surface area contributed by atoms with Gasteiger partial charge in [0.25, 0.3) is 0 Å². The monoisotopic (exact) mass is 267 g/mol. The van der Waals surface area contributed by atoms with Gasteiger partial charge in [0.2, 0.25) is 0 Å². The summed E-state index contributed by atoms with van der Waals surface area (Å²) in [5.41, 5.74) is 1.59. The molecule has 0 radical (unpaired) electrons. The van der Waals surface area contributed by atoms with Gasteiger partial charge in [-0.15, -0.1) is 0 Å². The smallest absolute Gasteiger partial charge is 0.123 e. The Morgan fingerprint density at radius 3 is 2.37 bits per heavy atom. The van der Waals surface area contributed by atoms with Crippen LogP contribution in [0.3, 0.4) is 0 Å². The molecular weight excluding hydrogens is 241 g/mol. The Kier molecular flexibility index (Phi) is 5.50. The Balaban J connectivity index is 2.89. The van der Waals surface area contributed by atoms with E-state index in [2.05, 4.69) is 18.7 Å². The summed E-state index contributed by atoms with van der Waals surface area (Å²) in [6.07, 6.45) is -0.0412. The second-order valence-corrected chi connectivity index (χ2v) is 5.62. The second kappa shape index (κ2) is 6.49. The number of hydrogen-bond donors (Lipinski definition) is 1. The van der Waals surface area contributed by atoms with E-state index in [4.69, 9.17) is 0 Å². The third-order valence-corrected chi connectivity index (χ3v) is 4.12. The quantitative estimate of drug-likeness (QED) is 0.856. The van der Waals surface area contributed by atoms with E-state index < -0.39 is 6.10 Å². The van der Waals surface area contributed by atoms with Crippen LogP contribution in [0.2, 0.25) is 0 Å². The Morgan fingerprint density at radius 1 is 1.26 bits per heavy atom. The SMILES string of the molecule is CCN(CC)C(C)(C)C(O)Cc1cc(F)ccc1C. The van der Waals surface area contributed by atoms with Gasteiger partial charge in [-0.25, -0.2) is 4.39 Å². The molecule has 2 nitrogen and oxygen atoms in total. The van der Waals surface area contributed by atoms with Gasteiger partial charge in [0.05, 0.1) is 6.10 Å². The predicted molar refractivity (Wildman–Crippen MR) is 77.8 cm³/mol. The van der Waals surface area contributed by atoms with Crippen LogP contribution in [0.25, 0.3) is 0 Å². The molecule has 0 aliphatic heterocycles. The van der Waals surface area contributed by atoms with Gasteiger partial charge in [0.1, 0.15) is 5.82 Å². The molecule has 19 heavy (non-hydrogen) atoms. The molecule has 0 amide bonds. The van der Waals surface area contributed by atoms with Gasteiger partial charge in [-0.2, -0.15) is 0 Å². The fraction of sp³-hybridized carbons (Fsp3) is 0.625.